The molecule has 56 heavy (non-hydrogen) atoms. The van der Waals surface area contributed by atoms with Gasteiger partial charge in [0, 0.05) is 21.4 Å². The molecule has 3 aromatic rings. The van der Waals surface area contributed by atoms with Gasteiger partial charge >= 0.3 is 27.2 Å². The van der Waals surface area contributed by atoms with Gasteiger partial charge in [-0.15, -0.1) is 0 Å². The van der Waals surface area contributed by atoms with Crippen molar-refractivity contribution in [3.63, 3.8) is 0 Å². The number of carbonyl (C=O) groups is 3. The summed E-state index contributed by atoms with van der Waals surface area (Å²) >= 11 is 0. The molecule has 0 fully saturated rings. The molecule has 328 valence electrons. The van der Waals surface area contributed by atoms with E-state index in [2.05, 4.69) is 35.6 Å². The van der Waals surface area contributed by atoms with Crippen LogP contribution >= 0.6 is 21.4 Å². The third kappa shape index (κ3) is 79.2. The number of sulfonamides is 1. The average Bonchev–Trinajstić information content (AvgIpc) is 3.11. The molecule has 0 saturated heterocycles. The molecule has 0 spiro atoms. The number of benzene rings is 3. The maximum absolute atomic E-state index is 10.8. The standard InChI is InChI=1S/2C9H10O2.C8H8O2.C2H7NO2S.3C2H6.CH3ClO2S.2CH4.ClHO3S/c2*1-11-9(10)7-8-5-3-2-4-6-8;9-8(10)6-7-4-2-1-3-5-7;1-3-6(2,4)5;3*1-2;1-5(2,3)4;;;1-5(2,3)4/h2*2-6H,7H2,1H3;1-5H,6H2,(H,9,10);3H,1-2H3;3*1-2H3;1H3;2*1H4;(H,2,3,4). The molecule has 3 N–H and O–H groups in total. The van der Waals surface area contributed by atoms with Gasteiger partial charge in [0.1, 0.15) is 0 Å². The smallest absolute Gasteiger partial charge is 0.353 e. The van der Waals surface area contributed by atoms with Crippen LogP contribution < -0.4 is 4.72 Å². The summed E-state index contributed by atoms with van der Waals surface area (Å²) in [4.78, 5) is 31.7. The Hall–Kier alpha value is -3.58. The highest BCUT2D eigenvalue weighted by Gasteiger charge is 2.01. The molecule has 19 heteroatoms. The highest BCUT2D eigenvalue weighted by atomic mass is 35.7. The summed E-state index contributed by atoms with van der Waals surface area (Å²) in [7, 11) is 2.42. The second-order valence-corrected chi connectivity index (χ2v) is 15.6. The molecule has 14 nitrogen and oxygen atoms in total. The summed E-state index contributed by atoms with van der Waals surface area (Å²) < 4.78 is 74.8. The van der Waals surface area contributed by atoms with Gasteiger partial charge in [-0.3, -0.25) is 18.9 Å². The van der Waals surface area contributed by atoms with E-state index in [-0.39, 0.29) is 33.2 Å². The number of ether oxygens (including phenoxy) is 2. The first kappa shape index (κ1) is 70.2. The Kier molecular flexibility index (Phi) is 57.5. The third-order valence-corrected chi connectivity index (χ3v) is 5.15. The second-order valence-electron chi connectivity index (χ2n) is 8.60. The molecule has 0 aliphatic heterocycles. The average molecular weight is 899 g/mol. The molecule has 0 aliphatic carbocycles. The van der Waals surface area contributed by atoms with Gasteiger partial charge in [-0.05, 0) is 23.7 Å². The van der Waals surface area contributed by atoms with E-state index in [4.69, 9.17) is 18.1 Å². The summed E-state index contributed by atoms with van der Waals surface area (Å²) in [6, 6.07) is 28.2. The van der Waals surface area contributed by atoms with Crippen molar-refractivity contribution in [2.24, 2.45) is 0 Å². The number of hydrogen-bond acceptors (Lipinski definition) is 11. The molecule has 3 rings (SSSR count). The van der Waals surface area contributed by atoms with Crippen LogP contribution in [-0.4, -0.2) is 86.6 Å². The van der Waals surface area contributed by atoms with Crippen LogP contribution in [0, 0.1) is 0 Å². The fourth-order valence-corrected chi connectivity index (χ4v) is 2.44. The number of methoxy groups -OCH3 is 2. The lowest BCUT2D eigenvalue weighted by atomic mass is 10.2. The van der Waals surface area contributed by atoms with Gasteiger partial charge in [-0.1, -0.05) is 147 Å². The van der Waals surface area contributed by atoms with Crippen LogP contribution in [0.2, 0.25) is 0 Å². The highest BCUT2D eigenvalue weighted by molar-refractivity contribution is 8.13. The maximum Gasteiger partial charge on any atom is 0.353 e. The van der Waals surface area contributed by atoms with Crippen molar-refractivity contribution in [3.8, 4) is 0 Å². The number of halogens is 2. The molecule has 0 atom stereocenters. The highest BCUT2D eigenvalue weighted by Crippen LogP contribution is 2.01. The number of carboxylic acid groups (broad SMARTS) is 1. The summed E-state index contributed by atoms with van der Waals surface area (Å²) in [5, 5.41) is 8.37. The van der Waals surface area contributed by atoms with E-state index < -0.39 is 34.4 Å². The molecule has 3 aromatic carbocycles. The molecule has 0 amide bonds. The minimum absolute atomic E-state index is 0. The van der Waals surface area contributed by atoms with E-state index in [9.17, 15) is 31.2 Å². The first-order valence-electron chi connectivity index (χ1n) is 15.9. The Bertz CT molecular complexity index is 1550. The Morgan fingerprint density at radius 2 is 0.750 bits per heavy atom. The normalized spacial score (nSPS) is 8.89. The predicted molar refractivity (Wildman–Crippen MR) is 232 cm³/mol. The van der Waals surface area contributed by atoms with E-state index in [1.54, 1.807) is 12.1 Å². The largest absolute Gasteiger partial charge is 0.481 e. The van der Waals surface area contributed by atoms with E-state index in [0.717, 1.165) is 29.2 Å². The lowest BCUT2D eigenvalue weighted by Gasteiger charge is -1.97. The summed E-state index contributed by atoms with van der Waals surface area (Å²) in [5.41, 5.74) is 2.81. The van der Waals surface area contributed by atoms with E-state index >= 15 is 0 Å². The third-order valence-electron chi connectivity index (χ3n) is 4.41. The lowest BCUT2D eigenvalue weighted by Crippen LogP contribution is -2.15. The lowest BCUT2D eigenvalue weighted by molar-refractivity contribution is -0.140. The number of aliphatic carboxylic acids is 1. The van der Waals surface area contributed by atoms with Crippen molar-refractivity contribution in [1.82, 2.24) is 4.72 Å². The van der Waals surface area contributed by atoms with E-state index in [1.807, 2.05) is 120 Å². The van der Waals surface area contributed by atoms with Crippen LogP contribution in [-0.2, 0) is 71.5 Å². The molecular weight excluding hydrogens is 834 g/mol. The zero-order valence-electron chi connectivity index (χ0n) is 32.6. The van der Waals surface area contributed by atoms with Crippen molar-refractivity contribution < 1.29 is 58.8 Å². The van der Waals surface area contributed by atoms with Gasteiger partial charge in [-0.25, -0.2) is 21.6 Å². The monoisotopic (exact) mass is 897 g/mol. The first-order valence-corrected chi connectivity index (χ1v) is 22.8. The molecule has 0 heterocycles. The van der Waals surface area contributed by atoms with Crippen LogP contribution in [0.25, 0.3) is 0 Å². The van der Waals surface area contributed by atoms with Crippen LogP contribution in [0.3, 0.4) is 0 Å². The van der Waals surface area contributed by atoms with Crippen LogP contribution in [0.4, 0.5) is 0 Å². The van der Waals surface area contributed by atoms with E-state index in [1.165, 1.54) is 21.3 Å². The van der Waals surface area contributed by atoms with Crippen molar-refractivity contribution in [1.29, 1.82) is 0 Å². The summed E-state index contributed by atoms with van der Waals surface area (Å²) in [6.45, 7) is 12.0. The topological polar surface area (TPSA) is 225 Å². The predicted octanol–water partition coefficient (Wildman–Crippen LogP) is 7.85. The molecule has 0 aliphatic rings. The minimum atomic E-state index is -4.19. The SMILES string of the molecule is C.C.CC.CC.CC.CNS(C)(=O)=O.COC(=O)Cc1ccccc1.COC(=O)Cc1ccccc1.CS(=O)(=O)Cl.O=C(O)Cc1ccccc1.O=S(=O)(O)Cl. The van der Waals surface area contributed by atoms with Crippen molar-refractivity contribution in [2.75, 3.05) is 33.8 Å². The Morgan fingerprint density at radius 1 is 0.571 bits per heavy atom. The zero-order chi connectivity index (χ0) is 43.8. The number of carbonyl (C=O) groups excluding carboxylic acids is 2. The number of rotatable bonds is 7. The Labute approximate surface area is 346 Å². The van der Waals surface area contributed by atoms with Gasteiger partial charge in [0.2, 0.25) is 19.1 Å². The van der Waals surface area contributed by atoms with Crippen LogP contribution in [0.1, 0.15) is 73.1 Å². The number of carboxylic acids is 1. The van der Waals surface area contributed by atoms with Crippen LogP contribution in [0.5, 0.6) is 0 Å². The number of hydrogen-bond donors (Lipinski definition) is 3. The van der Waals surface area contributed by atoms with Gasteiger partial charge in [0.15, 0.2) is 0 Å². The van der Waals surface area contributed by atoms with Gasteiger partial charge < -0.3 is 14.6 Å². The summed E-state index contributed by atoms with van der Waals surface area (Å²) in [5.74, 6) is -1.18. The van der Waals surface area contributed by atoms with Gasteiger partial charge in [0.25, 0.3) is 0 Å². The zero-order valence-corrected chi connectivity index (χ0v) is 36.6. The number of nitrogens with one attached hydrogen (secondary N) is 1. The molecule has 0 saturated carbocycles. The fraction of sp³-hybridized carbons (Fsp3) is 0.432. The Balaban J connectivity index is -0.0000000815. The maximum atomic E-state index is 10.8. The molecule has 0 radical (unpaired) electrons. The molecule has 0 unspecified atom stereocenters. The van der Waals surface area contributed by atoms with Crippen LogP contribution in [0.15, 0.2) is 91.0 Å². The second kappa shape index (κ2) is 45.8. The van der Waals surface area contributed by atoms with Gasteiger partial charge in [-0.2, -0.15) is 8.42 Å². The van der Waals surface area contributed by atoms with Crippen molar-refractivity contribution in [3.05, 3.63) is 108 Å². The molecule has 0 bridgehead atoms. The number of esters is 2. The first-order chi connectivity index (χ1) is 25.0. The van der Waals surface area contributed by atoms with Crippen molar-refractivity contribution >= 4 is 67.7 Å². The van der Waals surface area contributed by atoms with Crippen molar-refractivity contribution in [2.45, 2.75) is 75.7 Å². The van der Waals surface area contributed by atoms with Gasteiger partial charge in [0.05, 0.1) is 46.0 Å². The molecule has 0 aromatic heterocycles. The Morgan fingerprint density at radius 3 is 0.893 bits per heavy atom. The summed E-state index contributed by atoms with van der Waals surface area (Å²) in [6.07, 6.45) is 2.86. The van der Waals surface area contributed by atoms with E-state index in [0.29, 0.717) is 12.8 Å². The minimum Gasteiger partial charge on any atom is -0.481 e. The molecular formula is C37H65Cl2NO13S3. The quantitative estimate of drug-likeness (QED) is 0.117. The fourth-order valence-electron chi connectivity index (χ4n) is 2.44.